The molecular weight excluding hydrogens is 390 g/mol. The first-order chi connectivity index (χ1) is 14.0. The van der Waals surface area contributed by atoms with Gasteiger partial charge >= 0.3 is 5.97 Å². The van der Waals surface area contributed by atoms with Gasteiger partial charge in [0.2, 0.25) is 0 Å². The van der Waals surface area contributed by atoms with Gasteiger partial charge in [0.25, 0.3) is 0 Å². The zero-order valence-electron chi connectivity index (χ0n) is 16.3. The molecular formula is C23H24ClNO4. The number of ether oxygens (including phenoxy) is 1. The number of carbonyl (C=O) groups is 1. The average molecular weight is 414 g/mol. The van der Waals surface area contributed by atoms with E-state index >= 15 is 0 Å². The summed E-state index contributed by atoms with van der Waals surface area (Å²) in [7, 11) is 0. The van der Waals surface area contributed by atoms with Crippen LogP contribution in [0.25, 0.3) is 0 Å². The second-order valence-electron chi connectivity index (χ2n) is 7.32. The van der Waals surface area contributed by atoms with E-state index in [1.165, 1.54) is 5.56 Å². The largest absolute Gasteiger partial charge is 0.493 e. The van der Waals surface area contributed by atoms with Crippen LogP contribution in [-0.4, -0.2) is 23.6 Å². The highest BCUT2D eigenvalue weighted by Crippen LogP contribution is 2.43. The summed E-state index contributed by atoms with van der Waals surface area (Å²) in [6, 6.07) is 13.0. The molecule has 1 unspecified atom stereocenters. The molecule has 5 nitrogen and oxygen atoms in total. The molecule has 0 aliphatic heterocycles. The first kappa shape index (κ1) is 21.0. The number of benzene rings is 2. The Hall–Kier alpha value is -2.75. The highest BCUT2D eigenvalue weighted by molar-refractivity contribution is 6.30. The van der Waals surface area contributed by atoms with Gasteiger partial charge in [0, 0.05) is 28.8 Å². The number of carboxylic acids is 1. The van der Waals surface area contributed by atoms with E-state index in [-0.39, 0.29) is 12.5 Å². The van der Waals surface area contributed by atoms with Crippen molar-refractivity contribution in [2.24, 2.45) is 0 Å². The Morgan fingerprint density at radius 2 is 2.00 bits per heavy atom. The molecule has 0 bridgehead atoms. The standard InChI is InChI=1S/C23H24ClNO4/c1-15(14-26)23(17-6-8-19(24)9-7-17)25-20-11-18(16-4-5-16)12-21(13-20)29-10-2-3-22(27)28/h6-9,11-13,16,23,25H,2-5,10H2,1H3,(H,27,28). The van der Waals surface area contributed by atoms with Crippen molar-refractivity contribution in [1.82, 2.24) is 0 Å². The SMILES string of the molecule is CC(=C=O)C(Nc1cc(OCCCC(=O)O)cc(C2CC2)c1)c1ccc(Cl)cc1. The van der Waals surface area contributed by atoms with Crippen LogP contribution in [0.5, 0.6) is 5.75 Å². The molecule has 0 saturated heterocycles. The number of carboxylic acid groups (broad SMARTS) is 1. The summed E-state index contributed by atoms with van der Waals surface area (Å²) < 4.78 is 5.80. The van der Waals surface area contributed by atoms with E-state index in [9.17, 15) is 9.59 Å². The quantitative estimate of drug-likeness (QED) is 0.403. The molecule has 6 heteroatoms. The zero-order chi connectivity index (χ0) is 20.8. The lowest BCUT2D eigenvalue weighted by atomic mass is 10.00. The van der Waals surface area contributed by atoms with Gasteiger partial charge in [0.1, 0.15) is 11.7 Å². The van der Waals surface area contributed by atoms with Crippen LogP contribution in [0, 0.1) is 0 Å². The van der Waals surface area contributed by atoms with E-state index in [4.69, 9.17) is 21.4 Å². The third kappa shape index (κ3) is 6.11. The minimum absolute atomic E-state index is 0.0788. The van der Waals surface area contributed by atoms with Gasteiger partial charge in [-0.15, -0.1) is 0 Å². The molecule has 0 heterocycles. The van der Waals surface area contributed by atoms with Gasteiger partial charge in [-0.05, 0) is 67.5 Å². The lowest BCUT2D eigenvalue weighted by Gasteiger charge is -2.21. The molecule has 2 N–H and O–H groups in total. The number of halogens is 1. The van der Waals surface area contributed by atoms with Crippen LogP contribution in [0.15, 0.2) is 48.0 Å². The molecule has 1 fully saturated rings. The fourth-order valence-corrected chi connectivity index (χ4v) is 3.30. The molecule has 0 radical (unpaired) electrons. The zero-order valence-corrected chi connectivity index (χ0v) is 17.0. The van der Waals surface area contributed by atoms with Crippen LogP contribution < -0.4 is 10.1 Å². The molecule has 1 atom stereocenters. The van der Waals surface area contributed by atoms with E-state index in [0.29, 0.717) is 35.3 Å². The third-order valence-electron chi connectivity index (χ3n) is 4.89. The Balaban J connectivity index is 1.82. The molecule has 3 rings (SSSR count). The lowest BCUT2D eigenvalue weighted by molar-refractivity contribution is -0.137. The van der Waals surface area contributed by atoms with Crippen molar-refractivity contribution in [3.05, 3.63) is 64.2 Å². The van der Waals surface area contributed by atoms with Crippen molar-refractivity contribution in [2.45, 2.75) is 44.6 Å². The van der Waals surface area contributed by atoms with Gasteiger partial charge in [0.15, 0.2) is 0 Å². The fraction of sp³-hybridized carbons (Fsp3) is 0.348. The number of carbonyl (C=O) groups excluding carboxylic acids is 1. The first-order valence-corrected chi connectivity index (χ1v) is 10.1. The summed E-state index contributed by atoms with van der Waals surface area (Å²) in [6.45, 7) is 2.08. The van der Waals surface area contributed by atoms with Crippen molar-refractivity contribution >= 4 is 29.2 Å². The fourth-order valence-electron chi connectivity index (χ4n) is 3.18. The van der Waals surface area contributed by atoms with Crippen LogP contribution >= 0.6 is 11.6 Å². The molecule has 29 heavy (non-hydrogen) atoms. The Labute approximate surface area is 175 Å². The Morgan fingerprint density at radius 3 is 2.62 bits per heavy atom. The third-order valence-corrected chi connectivity index (χ3v) is 5.14. The monoisotopic (exact) mass is 413 g/mol. The molecule has 0 amide bonds. The smallest absolute Gasteiger partial charge is 0.303 e. The van der Waals surface area contributed by atoms with Crippen molar-refractivity contribution in [1.29, 1.82) is 0 Å². The van der Waals surface area contributed by atoms with Crippen molar-refractivity contribution in [2.75, 3.05) is 11.9 Å². The predicted octanol–water partition coefficient (Wildman–Crippen LogP) is 5.39. The summed E-state index contributed by atoms with van der Waals surface area (Å²) in [5.74, 6) is 2.39. The van der Waals surface area contributed by atoms with Crippen LogP contribution in [0.1, 0.15) is 55.7 Å². The maximum Gasteiger partial charge on any atom is 0.303 e. The molecule has 2 aromatic rings. The number of anilines is 1. The normalized spacial score (nSPS) is 14.0. The van der Waals surface area contributed by atoms with Crippen molar-refractivity contribution in [3.63, 3.8) is 0 Å². The topological polar surface area (TPSA) is 75.6 Å². The number of hydrogen-bond donors (Lipinski definition) is 2. The predicted molar refractivity (Wildman–Crippen MR) is 113 cm³/mol. The second-order valence-corrected chi connectivity index (χ2v) is 7.76. The van der Waals surface area contributed by atoms with Gasteiger partial charge in [0.05, 0.1) is 12.6 Å². The summed E-state index contributed by atoms with van der Waals surface area (Å²) in [4.78, 5) is 22.0. The van der Waals surface area contributed by atoms with Gasteiger partial charge in [-0.1, -0.05) is 23.7 Å². The molecule has 1 aliphatic carbocycles. The maximum absolute atomic E-state index is 11.4. The molecule has 0 spiro atoms. The highest BCUT2D eigenvalue weighted by Gasteiger charge is 2.25. The van der Waals surface area contributed by atoms with E-state index in [1.54, 1.807) is 19.1 Å². The Morgan fingerprint density at radius 1 is 1.28 bits per heavy atom. The molecule has 2 aromatic carbocycles. The van der Waals surface area contributed by atoms with Crippen molar-refractivity contribution < 1.29 is 19.4 Å². The van der Waals surface area contributed by atoms with Gasteiger partial charge in [-0.25, -0.2) is 4.79 Å². The minimum Gasteiger partial charge on any atom is -0.493 e. The molecule has 1 aliphatic rings. The number of hydrogen-bond acceptors (Lipinski definition) is 4. The summed E-state index contributed by atoms with van der Waals surface area (Å²) in [5.41, 5.74) is 3.48. The van der Waals surface area contributed by atoms with E-state index in [0.717, 1.165) is 24.1 Å². The highest BCUT2D eigenvalue weighted by atomic mass is 35.5. The van der Waals surface area contributed by atoms with Crippen LogP contribution in [0.4, 0.5) is 5.69 Å². The first-order valence-electron chi connectivity index (χ1n) is 9.69. The van der Waals surface area contributed by atoms with Gasteiger partial charge < -0.3 is 15.2 Å². The van der Waals surface area contributed by atoms with Crippen LogP contribution in [0.2, 0.25) is 5.02 Å². The van der Waals surface area contributed by atoms with Gasteiger partial charge in [-0.2, -0.15) is 0 Å². The average Bonchev–Trinajstić information content (AvgIpc) is 3.55. The summed E-state index contributed by atoms with van der Waals surface area (Å²) in [6.07, 6.45) is 2.83. The number of rotatable bonds is 10. The van der Waals surface area contributed by atoms with Gasteiger partial charge in [-0.3, -0.25) is 4.79 Å². The number of aliphatic carboxylic acids is 1. The maximum atomic E-state index is 11.4. The van der Waals surface area contributed by atoms with Crippen LogP contribution in [-0.2, 0) is 9.59 Å². The molecule has 0 aromatic heterocycles. The second kappa shape index (κ2) is 9.64. The summed E-state index contributed by atoms with van der Waals surface area (Å²) in [5, 5.41) is 12.8. The van der Waals surface area contributed by atoms with E-state index < -0.39 is 5.97 Å². The lowest BCUT2D eigenvalue weighted by Crippen LogP contribution is -2.13. The van der Waals surface area contributed by atoms with E-state index in [2.05, 4.69) is 11.4 Å². The summed E-state index contributed by atoms with van der Waals surface area (Å²) >= 11 is 6.00. The minimum atomic E-state index is -0.829. The number of nitrogens with one attached hydrogen (secondary N) is 1. The molecule has 152 valence electrons. The van der Waals surface area contributed by atoms with E-state index in [1.807, 2.05) is 30.2 Å². The van der Waals surface area contributed by atoms with Crippen LogP contribution in [0.3, 0.4) is 0 Å². The Bertz CT molecular complexity index is 915. The van der Waals surface area contributed by atoms with Crippen molar-refractivity contribution in [3.8, 4) is 5.75 Å². The Kier molecular flexibility index (Phi) is 6.97. The molecule has 1 saturated carbocycles.